The lowest BCUT2D eigenvalue weighted by Crippen LogP contribution is -2.35. The van der Waals surface area contributed by atoms with Crippen molar-refractivity contribution in [2.45, 2.75) is 31.8 Å². The van der Waals surface area contributed by atoms with Crippen molar-refractivity contribution in [3.8, 4) is 0 Å². The summed E-state index contributed by atoms with van der Waals surface area (Å²) < 4.78 is 17.8. The Morgan fingerprint density at radius 2 is 1.90 bits per heavy atom. The van der Waals surface area contributed by atoms with E-state index in [1.165, 1.54) is 18.3 Å². The van der Waals surface area contributed by atoms with Crippen LogP contribution < -0.4 is 10.6 Å². The van der Waals surface area contributed by atoms with Gasteiger partial charge in [0.1, 0.15) is 17.6 Å². The van der Waals surface area contributed by atoms with Crippen LogP contribution in [-0.4, -0.2) is 40.3 Å². The van der Waals surface area contributed by atoms with Crippen LogP contribution in [0.15, 0.2) is 89.4 Å². The number of carbonyl (C=O) groups excluding carboxylic acids is 1. The number of ether oxygens (including phenoxy) is 2. The Morgan fingerprint density at radius 1 is 1.10 bits per heavy atom. The van der Waals surface area contributed by atoms with Crippen LogP contribution in [0.4, 0.5) is 11.5 Å². The molecule has 11 nitrogen and oxygen atoms in total. The lowest BCUT2D eigenvalue weighted by atomic mass is 9.92. The first-order valence-corrected chi connectivity index (χ1v) is 12.8. The van der Waals surface area contributed by atoms with Crippen LogP contribution in [0.25, 0.3) is 11.0 Å². The van der Waals surface area contributed by atoms with Gasteiger partial charge in [-0.3, -0.25) is 14.9 Å². The van der Waals surface area contributed by atoms with Crippen LogP contribution in [0.1, 0.15) is 29.0 Å². The summed E-state index contributed by atoms with van der Waals surface area (Å²) >= 11 is 0. The number of carbonyl (C=O) groups is 1. The molecule has 206 valence electrons. The number of aliphatic hydroxyl groups excluding tert-OH is 1. The van der Waals surface area contributed by atoms with Gasteiger partial charge >= 0.3 is 0 Å². The van der Waals surface area contributed by atoms with Crippen LogP contribution in [0, 0.1) is 10.1 Å². The molecule has 1 aliphatic heterocycles. The van der Waals surface area contributed by atoms with Crippen LogP contribution >= 0.6 is 0 Å². The van der Waals surface area contributed by atoms with Crippen molar-refractivity contribution in [1.82, 2.24) is 10.3 Å². The number of hydrogen-bond donors (Lipinski definition) is 3. The van der Waals surface area contributed by atoms with Gasteiger partial charge in [-0.25, -0.2) is 4.98 Å². The van der Waals surface area contributed by atoms with Crippen LogP contribution in [0.2, 0.25) is 0 Å². The number of para-hydroxylation sites is 1. The molecule has 0 spiro atoms. The summed E-state index contributed by atoms with van der Waals surface area (Å²) in [5, 5.41) is 26.9. The molecule has 0 aliphatic carbocycles. The number of furan rings is 1. The van der Waals surface area contributed by atoms with Crippen LogP contribution in [0.3, 0.4) is 0 Å². The van der Waals surface area contributed by atoms with E-state index >= 15 is 0 Å². The molecule has 3 heterocycles. The van der Waals surface area contributed by atoms with E-state index in [1.54, 1.807) is 12.3 Å². The predicted octanol–water partition coefficient (Wildman–Crippen LogP) is 4.39. The molecular formula is C29H28N4O7. The highest BCUT2D eigenvalue weighted by Gasteiger charge is 2.30. The van der Waals surface area contributed by atoms with Gasteiger partial charge in [-0.15, -0.1) is 0 Å². The maximum atomic E-state index is 13.1. The smallest absolute Gasteiger partial charge is 0.287 e. The number of aromatic nitrogens is 1. The fourth-order valence-corrected chi connectivity index (χ4v) is 4.40. The molecule has 0 bridgehead atoms. The Balaban J connectivity index is 1.24. The molecule has 1 amide bonds. The number of nitrogens with zero attached hydrogens (tertiary/aromatic N) is 2. The summed E-state index contributed by atoms with van der Waals surface area (Å²) in [6.07, 6.45) is 4.47. The lowest BCUT2D eigenvalue weighted by Gasteiger charge is -2.29. The second-order valence-electron chi connectivity index (χ2n) is 9.23. The molecule has 5 rings (SSSR count). The average Bonchev–Trinajstić information content (AvgIpc) is 3.43. The van der Waals surface area contributed by atoms with E-state index in [0.29, 0.717) is 18.8 Å². The van der Waals surface area contributed by atoms with Gasteiger partial charge in [0.25, 0.3) is 11.6 Å². The van der Waals surface area contributed by atoms with Gasteiger partial charge in [0.05, 0.1) is 24.4 Å². The number of hydrogen-bond acceptors (Lipinski definition) is 9. The molecule has 2 aromatic carbocycles. The molecule has 0 saturated heterocycles. The first kappa shape index (κ1) is 26.9. The second kappa shape index (κ2) is 12.4. The fourth-order valence-electron chi connectivity index (χ4n) is 4.40. The van der Waals surface area contributed by atoms with E-state index in [0.717, 1.165) is 27.7 Å². The zero-order valence-electron chi connectivity index (χ0n) is 21.5. The molecule has 11 heteroatoms. The van der Waals surface area contributed by atoms with E-state index in [4.69, 9.17) is 13.9 Å². The number of anilines is 1. The predicted molar refractivity (Wildman–Crippen MR) is 146 cm³/mol. The van der Waals surface area contributed by atoms with Gasteiger partial charge < -0.3 is 29.6 Å². The molecule has 0 unspecified atom stereocenters. The zero-order valence-corrected chi connectivity index (χ0v) is 21.5. The van der Waals surface area contributed by atoms with Gasteiger partial charge in [-0.1, -0.05) is 42.5 Å². The largest absolute Gasteiger partial charge is 0.464 e. The standard InChI is InChI=1S/C29H28N4O7/c34-16-19-5-7-20(8-6-19)17-39-28-14-21(24-18-38-25-4-2-1-3-23(24)25)13-26(40-28)29(35)31-12-11-30-27-10-9-22(15-32-27)33(36)37/h1-10,13,15,18,21,28,34H,11-12,14,16-17H2,(H,30,32)(H,31,35)/t21-,28+/m1/s1. The minimum absolute atomic E-state index is 0.0314. The number of rotatable bonds is 11. The maximum Gasteiger partial charge on any atom is 0.287 e. The minimum atomic E-state index is -0.677. The summed E-state index contributed by atoms with van der Waals surface area (Å²) in [4.78, 5) is 27.3. The summed E-state index contributed by atoms with van der Waals surface area (Å²) in [7, 11) is 0. The SMILES string of the molecule is O=C(NCCNc1ccc([N+](=O)[O-])cn1)C1=C[C@@H](c2coc3ccccc23)C[C@@H](OCc2ccc(CO)cc2)O1. The van der Waals surface area contributed by atoms with Crippen molar-refractivity contribution in [1.29, 1.82) is 0 Å². The fraction of sp³-hybridized carbons (Fsp3) is 0.241. The van der Waals surface area contributed by atoms with Crippen molar-refractivity contribution in [2.75, 3.05) is 18.4 Å². The van der Waals surface area contributed by atoms with E-state index < -0.39 is 17.1 Å². The van der Waals surface area contributed by atoms with Crippen LogP contribution in [-0.2, 0) is 27.5 Å². The second-order valence-corrected chi connectivity index (χ2v) is 9.23. The Kier molecular flexibility index (Phi) is 8.33. The molecule has 40 heavy (non-hydrogen) atoms. The minimum Gasteiger partial charge on any atom is -0.464 e. The molecule has 2 aromatic heterocycles. The molecule has 4 aromatic rings. The highest BCUT2D eigenvalue weighted by molar-refractivity contribution is 5.92. The van der Waals surface area contributed by atoms with Crippen molar-refractivity contribution in [3.05, 3.63) is 112 Å². The lowest BCUT2D eigenvalue weighted by molar-refractivity contribution is -0.385. The van der Waals surface area contributed by atoms with Gasteiger partial charge in [0.2, 0.25) is 6.29 Å². The first-order valence-electron chi connectivity index (χ1n) is 12.8. The number of fused-ring (bicyclic) bond motifs is 1. The average molecular weight is 545 g/mol. The Bertz CT molecular complexity index is 1500. The number of pyridine rings is 1. The Labute approximate surface area is 229 Å². The van der Waals surface area contributed by atoms with Crippen molar-refractivity contribution >= 4 is 28.4 Å². The molecule has 2 atom stereocenters. The summed E-state index contributed by atoms with van der Waals surface area (Å²) in [6, 6.07) is 18.0. The number of amides is 1. The van der Waals surface area contributed by atoms with Crippen molar-refractivity contribution < 1.29 is 28.7 Å². The third kappa shape index (κ3) is 6.45. The highest BCUT2D eigenvalue weighted by Crippen LogP contribution is 2.36. The third-order valence-corrected chi connectivity index (χ3v) is 6.51. The molecule has 1 aliphatic rings. The number of nitrogens with one attached hydrogen (secondary N) is 2. The van der Waals surface area contributed by atoms with Gasteiger partial charge in [0.15, 0.2) is 5.76 Å². The quantitative estimate of drug-likeness (QED) is 0.142. The van der Waals surface area contributed by atoms with Crippen LogP contribution in [0.5, 0.6) is 0 Å². The topological polar surface area (TPSA) is 149 Å². The Morgan fingerprint density at radius 3 is 2.65 bits per heavy atom. The molecule has 3 N–H and O–H groups in total. The van der Waals surface area contributed by atoms with E-state index in [9.17, 15) is 20.0 Å². The Hall–Kier alpha value is -4.74. The summed E-state index contributed by atoms with van der Waals surface area (Å²) in [6.45, 7) is 0.857. The number of aliphatic hydroxyl groups is 1. The van der Waals surface area contributed by atoms with Gasteiger partial charge in [-0.2, -0.15) is 0 Å². The summed E-state index contributed by atoms with van der Waals surface area (Å²) in [5.41, 5.74) is 3.33. The van der Waals surface area contributed by atoms with Gasteiger partial charge in [-0.05, 0) is 29.3 Å². The van der Waals surface area contributed by atoms with E-state index in [-0.39, 0.29) is 37.1 Å². The maximum absolute atomic E-state index is 13.1. The monoisotopic (exact) mass is 544 g/mol. The molecular weight excluding hydrogens is 516 g/mol. The van der Waals surface area contributed by atoms with E-state index in [1.807, 2.05) is 48.5 Å². The zero-order chi connectivity index (χ0) is 27.9. The first-order chi connectivity index (χ1) is 19.5. The molecule has 0 saturated carbocycles. The normalized spacial score (nSPS) is 16.7. The highest BCUT2D eigenvalue weighted by atomic mass is 16.7. The van der Waals surface area contributed by atoms with Gasteiger partial charge in [0, 0.05) is 42.4 Å². The van der Waals surface area contributed by atoms with Crippen molar-refractivity contribution in [2.24, 2.45) is 0 Å². The number of allylic oxidation sites excluding steroid dienone is 1. The van der Waals surface area contributed by atoms with E-state index in [2.05, 4.69) is 15.6 Å². The third-order valence-electron chi connectivity index (χ3n) is 6.51. The molecule has 0 fully saturated rings. The summed E-state index contributed by atoms with van der Waals surface area (Å²) in [5.74, 6) is 0.0372. The number of nitro groups is 1. The number of benzene rings is 2. The molecule has 0 radical (unpaired) electrons. The van der Waals surface area contributed by atoms with Crippen molar-refractivity contribution in [3.63, 3.8) is 0 Å².